The topological polar surface area (TPSA) is 139 Å². The maximum Gasteiger partial charge on any atom is 0.220 e. The molecule has 2 aliphatic heterocycles. The molecule has 13 bridgehead atoms. The summed E-state index contributed by atoms with van der Waals surface area (Å²) in [6, 6.07) is 0.325. The predicted octanol–water partition coefficient (Wildman–Crippen LogP) is 9.43. The number of fused-ring (bicyclic) bond motifs is 15. The molecule has 20 atom stereocenters. The van der Waals surface area contributed by atoms with Gasteiger partial charge in [0.2, 0.25) is 11.8 Å². The highest BCUT2D eigenvalue weighted by Crippen LogP contribution is 2.70. The van der Waals surface area contributed by atoms with E-state index >= 15 is 0 Å². The van der Waals surface area contributed by atoms with Crippen molar-refractivity contribution in [3.05, 3.63) is 11.9 Å². The van der Waals surface area contributed by atoms with E-state index in [1.807, 2.05) is 0 Å². The van der Waals surface area contributed by atoms with E-state index in [0.717, 1.165) is 76.3 Å². The van der Waals surface area contributed by atoms with E-state index in [0.29, 0.717) is 110 Å². The fourth-order valence-corrected chi connectivity index (χ4v) is 19.5. The van der Waals surface area contributed by atoms with Crippen LogP contribution in [0.25, 0.3) is 0 Å². The zero-order valence-electron chi connectivity index (χ0n) is 40.7. The maximum absolute atomic E-state index is 13.1. The number of aromatic nitrogens is 3. The summed E-state index contributed by atoms with van der Waals surface area (Å²) in [7, 11) is 0. The van der Waals surface area contributed by atoms with E-state index in [1.165, 1.54) is 51.4 Å². The number of carbonyl (C=O) groups excluding carboxylic acids is 2. The molecule has 1 aromatic rings. The second-order valence-corrected chi connectivity index (χ2v) is 25.5. The molecule has 11 rings (SSSR count). The average molecular weight is 886 g/mol. The second kappa shape index (κ2) is 17.5. The monoisotopic (exact) mass is 886 g/mol. The summed E-state index contributed by atoms with van der Waals surface area (Å²) in [5.74, 6) is 6.25. The Balaban J connectivity index is 0.864. The number of rotatable bonds is 0. The minimum absolute atomic E-state index is 0.128. The molecule has 8 aliphatic carbocycles. The number of nitrogens with zero attached hydrogens (tertiary/aromatic N) is 3. The molecule has 0 radical (unpaired) electrons. The molecule has 8 fully saturated rings. The van der Waals surface area contributed by atoms with E-state index in [1.54, 1.807) is 0 Å². The van der Waals surface area contributed by atoms with Crippen molar-refractivity contribution in [2.75, 3.05) is 13.1 Å². The first kappa shape index (κ1) is 45.7. The van der Waals surface area contributed by atoms with Gasteiger partial charge in [-0.25, -0.2) is 4.68 Å². The number of aliphatic hydroxyl groups excluding tert-OH is 2. The van der Waals surface area contributed by atoms with Gasteiger partial charge < -0.3 is 25.6 Å². The number of amides is 2. The van der Waals surface area contributed by atoms with Gasteiger partial charge in [0, 0.05) is 25.9 Å². The van der Waals surface area contributed by atoms with Crippen LogP contribution in [0.3, 0.4) is 0 Å². The highest BCUT2D eigenvalue weighted by molar-refractivity contribution is 5.76. The molecule has 0 unspecified atom stereocenters. The van der Waals surface area contributed by atoms with Crippen LogP contribution in [0.2, 0.25) is 0 Å². The zero-order valence-corrected chi connectivity index (χ0v) is 40.7. The molecule has 3 heterocycles. The smallest absolute Gasteiger partial charge is 0.220 e. The van der Waals surface area contributed by atoms with E-state index in [-0.39, 0.29) is 51.8 Å². The standard InChI is InChI=1S/C54H87N5O5/c1-32-8-18-47(62)55-24-7-25-56-48(63)19-9-33(2)40-15-17-42-50-44(21-23-52(40,42)4)54(6)29-38(13-11-35(54)27-46(50)61)64-31-36-30-59(58-57-36)37-12-10-34-26-45(60)49-41-16-14-39(32)51(41,3)22-20-43(49)53(34,5)28-37/h30,32-35,37-46,49-50,60-61H,7-29,31H2,1-6H3,(H,55,62)(H,56,63)/t32-,33-,34+,35+,37+,38+,39-,40-,41+,42+,43+,44+,45+,46+,49+,50+,51-,52-,53+,54+/m1/s1. The Kier molecular flexibility index (Phi) is 12.5. The van der Waals surface area contributed by atoms with E-state index in [4.69, 9.17) is 15.0 Å². The number of nitrogens with one attached hydrogen (secondary N) is 2. The molecule has 2 amide bonds. The van der Waals surface area contributed by atoms with Gasteiger partial charge in [-0.2, -0.15) is 0 Å². The summed E-state index contributed by atoms with van der Waals surface area (Å²) in [6.07, 6.45) is 23.7. The quantitative estimate of drug-likeness (QED) is 0.204. The Bertz CT molecular complexity index is 1860. The molecule has 0 spiro atoms. The van der Waals surface area contributed by atoms with Gasteiger partial charge in [0.1, 0.15) is 5.69 Å². The normalized spacial score (nSPS) is 51.4. The van der Waals surface area contributed by atoms with Crippen LogP contribution in [0.1, 0.15) is 188 Å². The fourth-order valence-electron chi connectivity index (χ4n) is 19.5. The molecule has 8 saturated carbocycles. The van der Waals surface area contributed by atoms with E-state index in [9.17, 15) is 19.8 Å². The lowest BCUT2D eigenvalue weighted by Gasteiger charge is -2.62. The molecule has 10 aliphatic rings. The Morgan fingerprint density at radius 1 is 0.625 bits per heavy atom. The van der Waals surface area contributed by atoms with Crippen molar-refractivity contribution in [3.63, 3.8) is 0 Å². The summed E-state index contributed by atoms with van der Waals surface area (Å²) in [6.45, 7) is 16.7. The molecule has 10 heteroatoms. The summed E-state index contributed by atoms with van der Waals surface area (Å²) in [5, 5.41) is 39.9. The lowest BCUT2D eigenvalue weighted by Crippen LogP contribution is -2.59. The molecular formula is C54H87N5O5. The zero-order chi connectivity index (χ0) is 44.8. The van der Waals surface area contributed by atoms with Gasteiger partial charge in [-0.1, -0.05) is 46.8 Å². The largest absolute Gasteiger partial charge is 0.393 e. The first-order valence-electron chi connectivity index (χ1n) is 27.0. The predicted molar refractivity (Wildman–Crippen MR) is 248 cm³/mol. The van der Waals surface area contributed by atoms with Crippen molar-refractivity contribution in [1.82, 2.24) is 25.6 Å². The minimum atomic E-state index is -0.223. The highest BCUT2D eigenvalue weighted by atomic mass is 16.5. The summed E-state index contributed by atoms with van der Waals surface area (Å²) in [4.78, 5) is 26.2. The van der Waals surface area contributed by atoms with Crippen LogP contribution in [0.4, 0.5) is 0 Å². The molecule has 358 valence electrons. The number of hydrogen-bond acceptors (Lipinski definition) is 7. The van der Waals surface area contributed by atoms with Crippen LogP contribution in [-0.2, 0) is 20.9 Å². The van der Waals surface area contributed by atoms with Crippen molar-refractivity contribution >= 4 is 11.8 Å². The van der Waals surface area contributed by atoms with Crippen LogP contribution < -0.4 is 10.6 Å². The molecule has 1 aromatic heterocycles. The molecule has 64 heavy (non-hydrogen) atoms. The lowest BCUT2D eigenvalue weighted by atomic mass is 9.43. The van der Waals surface area contributed by atoms with Crippen LogP contribution in [-0.4, -0.2) is 68.4 Å². The van der Waals surface area contributed by atoms with E-state index in [2.05, 4.69) is 63.1 Å². The first-order valence-corrected chi connectivity index (χ1v) is 27.0. The Labute approximate surface area is 385 Å². The van der Waals surface area contributed by atoms with Crippen molar-refractivity contribution < 1.29 is 24.5 Å². The lowest BCUT2D eigenvalue weighted by molar-refractivity contribution is -0.182. The van der Waals surface area contributed by atoms with E-state index < -0.39 is 0 Å². The van der Waals surface area contributed by atoms with Gasteiger partial charge in [-0.3, -0.25) is 9.59 Å². The second-order valence-electron chi connectivity index (χ2n) is 25.5. The molecule has 10 nitrogen and oxygen atoms in total. The SMILES string of the molecule is C[C@@H]1CCC(=O)NCCCNC(=O)CC[C@@H](C)[C@H]2CC[C@H]3[C@@H]4[C@@H](O)C[C@@H]5CC[C@@H](C[C@]5(C)[C@H]4CC[C@]23C)n2cc(nn2)CO[C@H]2CC[C@H]3C[C@H](O)[C@@H]4[C@H](CC[C@]5(C)[C@@H]1CC[C@@H]45)[C@@]3(C)C2. The van der Waals surface area contributed by atoms with Crippen LogP contribution in [0, 0.1) is 92.7 Å². The van der Waals surface area contributed by atoms with Gasteiger partial charge >= 0.3 is 0 Å². The van der Waals surface area contributed by atoms with Crippen LogP contribution >= 0.6 is 0 Å². The molecular weight excluding hydrogens is 799 g/mol. The van der Waals surface area contributed by atoms with Gasteiger partial charge in [-0.05, 0) is 215 Å². The first-order chi connectivity index (χ1) is 30.6. The van der Waals surface area contributed by atoms with Gasteiger partial charge in [-0.15, -0.1) is 5.10 Å². The van der Waals surface area contributed by atoms with Crippen molar-refractivity contribution in [2.24, 2.45) is 92.7 Å². The van der Waals surface area contributed by atoms with Gasteiger partial charge in [0.25, 0.3) is 0 Å². The molecule has 0 saturated heterocycles. The third kappa shape index (κ3) is 7.75. The molecule has 4 N–H and O–H groups in total. The Morgan fingerprint density at radius 3 is 1.69 bits per heavy atom. The number of hydrogen-bond donors (Lipinski definition) is 4. The van der Waals surface area contributed by atoms with Crippen molar-refractivity contribution in [3.8, 4) is 0 Å². The summed E-state index contributed by atoms with van der Waals surface area (Å²) >= 11 is 0. The summed E-state index contributed by atoms with van der Waals surface area (Å²) < 4.78 is 9.04. The Hall–Kier alpha value is -2.04. The average Bonchev–Trinajstić information content (AvgIpc) is 3.99. The van der Waals surface area contributed by atoms with Crippen LogP contribution in [0.5, 0.6) is 0 Å². The van der Waals surface area contributed by atoms with Crippen LogP contribution in [0.15, 0.2) is 6.20 Å². The summed E-state index contributed by atoms with van der Waals surface area (Å²) in [5.41, 5.74) is 1.70. The number of ether oxygens (including phenoxy) is 1. The molecule has 0 aromatic carbocycles. The highest BCUT2D eigenvalue weighted by Gasteiger charge is 2.65. The van der Waals surface area contributed by atoms with Gasteiger partial charge in [0.15, 0.2) is 0 Å². The Morgan fingerprint density at radius 2 is 1.12 bits per heavy atom. The maximum atomic E-state index is 13.1. The third-order valence-corrected chi connectivity index (χ3v) is 22.8. The van der Waals surface area contributed by atoms with Crippen molar-refractivity contribution in [1.29, 1.82) is 0 Å². The number of aliphatic hydroxyl groups is 2. The third-order valence-electron chi connectivity index (χ3n) is 22.8. The van der Waals surface area contributed by atoms with Gasteiger partial charge in [0.05, 0.1) is 37.2 Å². The van der Waals surface area contributed by atoms with Crippen molar-refractivity contribution in [2.45, 2.75) is 207 Å². The fraction of sp³-hybridized carbons (Fsp3) is 0.926. The minimum Gasteiger partial charge on any atom is -0.393 e. The number of carbonyl (C=O) groups is 2.